The molecule has 2 rings (SSSR count). The van der Waals surface area contributed by atoms with Crippen LogP contribution in [0.3, 0.4) is 0 Å². The maximum atomic E-state index is 11.8. The van der Waals surface area contributed by atoms with Crippen LogP contribution in [0, 0.1) is 12.8 Å². The number of hydrogen-bond donors (Lipinski definition) is 2. The van der Waals surface area contributed by atoms with Crippen molar-refractivity contribution in [3.05, 3.63) is 29.3 Å². The molecule has 19 heavy (non-hydrogen) atoms. The summed E-state index contributed by atoms with van der Waals surface area (Å²) < 4.78 is 0. The minimum atomic E-state index is -0.0206. The summed E-state index contributed by atoms with van der Waals surface area (Å²) in [5.41, 5.74) is 2.86. The molecule has 3 heteroatoms. The van der Waals surface area contributed by atoms with E-state index in [-0.39, 0.29) is 5.91 Å². The highest BCUT2D eigenvalue weighted by Gasteiger charge is 2.20. The fraction of sp³-hybridized carbons (Fsp3) is 0.562. The zero-order chi connectivity index (χ0) is 13.8. The summed E-state index contributed by atoms with van der Waals surface area (Å²) in [6.45, 7) is 4.23. The van der Waals surface area contributed by atoms with Crippen molar-refractivity contribution in [2.75, 3.05) is 12.4 Å². The third-order valence-electron chi connectivity index (χ3n) is 4.12. The SMILES string of the molecule is CNC(=O)c1cccc(NC(C)CC2CCC2)c1C. The van der Waals surface area contributed by atoms with Crippen molar-refractivity contribution in [2.24, 2.45) is 5.92 Å². The van der Waals surface area contributed by atoms with E-state index >= 15 is 0 Å². The Hall–Kier alpha value is -1.51. The predicted molar refractivity (Wildman–Crippen MR) is 79.6 cm³/mol. The zero-order valence-corrected chi connectivity index (χ0v) is 12.1. The van der Waals surface area contributed by atoms with Gasteiger partial charge in [0, 0.05) is 24.3 Å². The number of carbonyl (C=O) groups excluding carboxylic acids is 1. The molecule has 0 aromatic heterocycles. The lowest BCUT2D eigenvalue weighted by atomic mass is 9.81. The Morgan fingerprint density at radius 2 is 2.16 bits per heavy atom. The fourth-order valence-electron chi connectivity index (χ4n) is 2.73. The number of rotatable bonds is 5. The van der Waals surface area contributed by atoms with Gasteiger partial charge in [-0.25, -0.2) is 0 Å². The van der Waals surface area contributed by atoms with Gasteiger partial charge >= 0.3 is 0 Å². The third-order valence-corrected chi connectivity index (χ3v) is 4.12. The van der Waals surface area contributed by atoms with Gasteiger partial charge in [-0.3, -0.25) is 4.79 Å². The van der Waals surface area contributed by atoms with Crippen molar-refractivity contribution in [3.8, 4) is 0 Å². The molecule has 1 aliphatic carbocycles. The van der Waals surface area contributed by atoms with Gasteiger partial charge in [0.2, 0.25) is 0 Å². The van der Waals surface area contributed by atoms with Crippen molar-refractivity contribution >= 4 is 11.6 Å². The summed E-state index contributed by atoms with van der Waals surface area (Å²) in [5.74, 6) is 0.873. The summed E-state index contributed by atoms with van der Waals surface area (Å²) in [6, 6.07) is 6.33. The van der Waals surface area contributed by atoms with Crippen LogP contribution in [0.5, 0.6) is 0 Å². The standard InChI is InChI=1S/C16H24N2O/c1-11(10-13-6-4-7-13)18-15-9-5-8-14(12(15)2)16(19)17-3/h5,8-9,11,13,18H,4,6-7,10H2,1-3H3,(H,17,19). The number of hydrogen-bond acceptors (Lipinski definition) is 2. The monoisotopic (exact) mass is 260 g/mol. The molecule has 104 valence electrons. The number of amides is 1. The Morgan fingerprint density at radius 1 is 1.42 bits per heavy atom. The molecule has 1 saturated carbocycles. The molecule has 0 aliphatic heterocycles. The molecular weight excluding hydrogens is 236 g/mol. The molecule has 1 aromatic carbocycles. The maximum absolute atomic E-state index is 11.8. The van der Waals surface area contributed by atoms with Crippen LogP contribution in [-0.2, 0) is 0 Å². The molecule has 0 heterocycles. The first-order valence-electron chi connectivity index (χ1n) is 7.20. The van der Waals surface area contributed by atoms with Crippen molar-refractivity contribution in [1.29, 1.82) is 0 Å². The minimum Gasteiger partial charge on any atom is -0.382 e. The van der Waals surface area contributed by atoms with Gasteiger partial charge in [-0.05, 0) is 43.9 Å². The maximum Gasteiger partial charge on any atom is 0.251 e. The molecule has 1 atom stereocenters. The Kier molecular flexibility index (Phi) is 4.46. The van der Waals surface area contributed by atoms with Crippen LogP contribution >= 0.6 is 0 Å². The summed E-state index contributed by atoms with van der Waals surface area (Å²) in [4.78, 5) is 11.8. The zero-order valence-electron chi connectivity index (χ0n) is 12.1. The Morgan fingerprint density at radius 3 is 2.74 bits per heavy atom. The first-order chi connectivity index (χ1) is 9.11. The lowest BCUT2D eigenvalue weighted by Gasteiger charge is -2.29. The van der Waals surface area contributed by atoms with Crippen molar-refractivity contribution in [2.45, 2.75) is 45.6 Å². The van der Waals surface area contributed by atoms with Crippen molar-refractivity contribution in [1.82, 2.24) is 5.32 Å². The summed E-state index contributed by atoms with van der Waals surface area (Å²) in [5, 5.41) is 6.24. The largest absolute Gasteiger partial charge is 0.382 e. The quantitative estimate of drug-likeness (QED) is 0.852. The van der Waals surface area contributed by atoms with Crippen LogP contribution in [-0.4, -0.2) is 19.0 Å². The first-order valence-corrected chi connectivity index (χ1v) is 7.20. The molecule has 1 unspecified atom stereocenters. The highest BCUT2D eigenvalue weighted by atomic mass is 16.1. The number of anilines is 1. The second-order valence-corrected chi connectivity index (χ2v) is 5.64. The number of nitrogens with one attached hydrogen (secondary N) is 2. The summed E-state index contributed by atoms with van der Waals surface area (Å²) in [6.07, 6.45) is 5.37. The molecule has 3 nitrogen and oxygen atoms in total. The normalized spacial score (nSPS) is 16.6. The van der Waals surface area contributed by atoms with Gasteiger partial charge in [0.25, 0.3) is 5.91 Å². The average molecular weight is 260 g/mol. The van der Waals surface area contributed by atoms with E-state index in [2.05, 4.69) is 23.6 Å². The highest BCUT2D eigenvalue weighted by molar-refractivity contribution is 5.96. The van der Waals surface area contributed by atoms with Gasteiger partial charge < -0.3 is 10.6 Å². The van der Waals surface area contributed by atoms with E-state index < -0.39 is 0 Å². The highest BCUT2D eigenvalue weighted by Crippen LogP contribution is 2.31. The fourth-order valence-corrected chi connectivity index (χ4v) is 2.73. The van der Waals surface area contributed by atoms with E-state index in [4.69, 9.17) is 0 Å². The van der Waals surface area contributed by atoms with Gasteiger partial charge in [0.1, 0.15) is 0 Å². The van der Waals surface area contributed by atoms with Crippen molar-refractivity contribution in [3.63, 3.8) is 0 Å². The third kappa shape index (κ3) is 3.28. The molecule has 1 aliphatic rings. The van der Waals surface area contributed by atoms with Gasteiger partial charge in [0.15, 0.2) is 0 Å². The van der Waals surface area contributed by atoms with E-state index in [0.29, 0.717) is 6.04 Å². The minimum absolute atomic E-state index is 0.0206. The first kappa shape index (κ1) is 13.9. The van der Waals surface area contributed by atoms with Gasteiger partial charge in [-0.15, -0.1) is 0 Å². The average Bonchev–Trinajstić information content (AvgIpc) is 2.35. The second kappa shape index (κ2) is 6.09. The predicted octanol–water partition coefficient (Wildman–Crippen LogP) is 3.35. The lowest BCUT2D eigenvalue weighted by Crippen LogP contribution is -2.24. The molecule has 1 fully saturated rings. The van der Waals surface area contributed by atoms with Gasteiger partial charge in [0.05, 0.1) is 0 Å². The summed E-state index contributed by atoms with van der Waals surface area (Å²) >= 11 is 0. The van der Waals surface area contributed by atoms with E-state index in [9.17, 15) is 4.79 Å². The molecule has 0 saturated heterocycles. The van der Waals surface area contributed by atoms with Crippen LogP contribution in [0.25, 0.3) is 0 Å². The van der Waals surface area contributed by atoms with Crippen LogP contribution in [0.15, 0.2) is 18.2 Å². The molecule has 0 spiro atoms. The van der Waals surface area contributed by atoms with Crippen LogP contribution < -0.4 is 10.6 Å². The van der Waals surface area contributed by atoms with E-state index in [1.165, 1.54) is 25.7 Å². The molecular formula is C16H24N2O. The molecule has 0 bridgehead atoms. The molecule has 1 aromatic rings. The number of carbonyl (C=O) groups is 1. The molecule has 2 N–H and O–H groups in total. The second-order valence-electron chi connectivity index (χ2n) is 5.64. The van der Waals surface area contributed by atoms with Crippen molar-refractivity contribution < 1.29 is 4.79 Å². The lowest BCUT2D eigenvalue weighted by molar-refractivity contribution is 0.0962. The van der Waals surface area contributed by atoms with Gasteiger partial charge in [-0.1, -0.05) is 25.3 Å². The smallest absolute Gasteiger partial charge is 0.251 e. The van der Waals surface area contributed by atoms with E-state index in [0.717, 1.165) is 22.7 Å². The van der Waals surface area contributed by atoms with Crippen LogP contribution in [0.2, 0.25) is 0 Å². The van der Waals surface area contributed by atoms with E-state index in [1.807, 2.05) is 19.1 Å². The topological polar surface area (TPSA) is 41.1 Å². The Bertz CT molecular complexity index is 452. The van der Waals surface area contributed by atoms with E-state index in [1.54, 1.807) is 7.05 Å². The Balaban J connectivity index is 2.04. The van der Waals surface area contributed by atoms with Gasteiger partial charge in [-0.2, -0.15) is 0 Å². The molecule has 1 amide bonds. The number of benzene rings is 1. The molecule has 0 radical (unpaired) electrons. The Labute approximate surface area is 115 Å². The summed E-state index contributed by atoms with van der Waals surface area (Å²) in [7, 11) is 1.67. The van der Waals surface area contributed by atoms with Crippen LogP contribution in [0.1, 0.15) is 48.5 Å². The van der Waals surface area contributed by atoms with Crippen LogP contribution in [0.4, 0.5) is 5.69 Å².